The molecule has 1 aromatic carbocycles. The van der Waals surface area contributed by atoms with E-state index in [4.69, 9.17) is 14.5 Å². The average Bonchev–Trinajstić information content (AvgIpc) is 3.03. The van der Waals surface area contributed by atoms with Gasteiger partial charge in [0.15, 0.2) is 0 Å². The number of aromatic nitrogens is 2. The molecule has 1 amide bonds. The number of carbonyl (C=O) groups is 2. The Morgan fingerprint density at radius 3 is 2.42 bits per heavy atom. The molecule has 9 nitrogen and oxygen atoms in total. The lowest BCUT2D eigenvalue weighted by molar-refractivity contribution is 0.0136. The fourth-order valence-corrected chi connectivity index (χ4v) is 3.73. The number of carboxylic acid groups (broad SMARTS) is 1. The molecule has 2 heterocycles. The predicted octanol–water partition coefficient (Wildman–Crippen LogP) is 2.74. The molecular formula is C22H32N4O5. The Kier molecular flexibility index (Phi) is 6.86. The number of fused-ring (bicyclic) bond motifs is 1. The van der Waals surface area contributed by atoms with Crippen molar-refractivity contribution in [3.05, 3.63) is 29.1 Å². The highest BCUT2D eigenvalue weighted by atomic mass is 16.6. The minimum Gasteiger partial charge on any atom is -0.478 e. The number of ether oxygens (including phenoxy) is 2. The molecule has 0 unspecified atom stereocenters. The van der Waals surface area contributed by atoms with Crippen molar-refractivity contribution in [1.82, 2.24) is 19.4 Å². The Hall–Kier alpha value is -2.65. The van der Waals surface area contributed by atoms with E-state index in [2.05, 4.69) is 4.90 Å². The molecule has 0 atom stereocenters. The predicted molar refractivity (Wildman–Crippen MR) is 116 cm³/mol. The van der Waals surface area contributed by atoms with Crippen molar-refractivity contribution in [1.29, 1.82) is 0 Å². The smallest absolute Gasteiger partial charge is 0.410 e. The zero-order valence-corrected chi connectivity index (χ0v) is 19.0. The molecule has 0 spiro atoms. The lowest BCUT2D eigenvalue weighted by Gasteiger charge is -2.35. The molecule has 0 saturated carbocycles. The first-order valence-corrected chi connectivity index (χ1v) is 10.5. The number of rotatable bonds is 6. The maximum Gasteiger partial charge on any atom is 0.410 e. The van der Waals surface area contributed by atoms with Crippen LogP contribution in [0.25, 0.3) is 11.0 Å². The number of piperazine rings is 1. The Morgan fingerprint density at radius 2 is 1.84 bits per heavy atom. The highest BCUT2D eigenvalue weighted by molar-refractivity contribution is 5.93. The van der Waals surface area contributed by atoms with E-state index in [-0.39, 0.29) is 11.7 Å². The van der Waals surface area contributed by atoms with Gasteiger partial charge in [-0.05, 0) is 45.4 Å². The van der Waals surface area contributed by atoms with E-state index in [1.807, 2.05) is 32.3 Å². The van der Waals surface area contributed by atoms with Crippen LogP contribution in [0.3, 0.4) is 0 Å². The summed E-state index contributed by atoms with van der Waals surface area (Å²) in [6.07, 6.45) is -0.281. The lowest BCUT2D eigenvalue weighted by Crippen LogP contribution is -2.49. The summed E-state index contributed by atoms with van der Waals surface area (Å²) in [6, 6.07) is 3.33. The highest BCUT2D eigenvalue weighted by Gasteiger charge is 2.27. The number of benzene rings is 1. The number of methoxy groups -OCH3 is 1. The molecule has 1 saturated heterocycles. The Labute approximate surface area is 182 Å². The van der Waals surface area contributed by atoms with Gasteiger partial charge in [0.25, 0.3) is 0 Å². The maximum absolute atomic E-state index is 12.3. The van der Waals surface area contributed by atoms with E-state index in [0.717, 1.165) is 22.4 Å². The second kappa shape index (κ2) is 9.23. The van der Waals surface area contributed by atoms with E-state index >= 15 is 0 Å². The Bertz CT molecular complexity index is 955. The van der Waals surface area contributed by atoms with Gasteiger partial charge in [0, 0.05) is 39.8 Å². The summed E-state index contributed by atoms with van der Waals surface area (Å²) in [7, 11) is 1.64. The largest absolute Gasteiger partial charge is 0.478 e. The number of imidazole rings is 1. The molecule has 1 aromatic heterocycles. The molecule has 3 rings (SSSR count). The summed E-state index contributed by atoms with van der Waals surface area (Å²) in [6.45, 7) is 11.8. The van der Waals surface area contributed by atoms with Crippen molar-refractivity contribution >= 4 is 23.1 Å². The zero-order valence-electron chi connectivity index (χ0n) is 19.0. The summed E-state index contributed by atoms with van der Waals surface area (Å²) in [5.74, 6) is -0.0901. The van der Waals surface area contributed by atoms with E-state index in [0.29, 0.717) is 45.9 Å². The molecule has 2 aromatic rings. The molecule has 1 aliphatic heterocycles. The standard InChI is InChI=1S/C22H32N4O5/c1-15-12-16(20(27)28)13-17-19(15)23-18(26(17)10-11-30-5)14-24-6-8-25(9-7-24)21(29)31-22(2,3)4/h12-13H,6-11,14H2,1-5H3,(H,27,28). The molecule has 1 N–H and O–H groups in total. The lowest BCUT2D eigenvalue weighted by atomic mass is 10.1. The zero-order chi connectivity index (χ0) is 22.8. The number of nitrogens with zero attached hydrogens (tertiary/aromatic N) is 4. The highest BCUT2D eigenvalue weighted by Crippen LogP contribution is 2.24. The van der Waals surface area contributed by atoms with Gasteiger partial charge < -0.3 is 24.0 Å². The van der Waals surface area contributed by atoms with Gasteiger partial charge in [-0.15, -0.1) is 0 Å². The van der Waals surface area contributed by atoms with E-state index in [9.17, 15) is 14.7 Å². The number of hydrogen-bond acceptors (Lipinski definition) is 6. The summed E-state index contributed by atoms with van der Waals surface area (Å²) in [5.41, 5.74) is 2.19. The van der Waals surface area contributed by atoms with Crippen LogP contribution in [-0.2, 0) is 22.6 Å². The number of carboxylic acids is 1. The first kappa shape index (κ1) is 23.0. The second-order valence-electron chi connectivity index (χ2n) is 8.88. The second-order valence-corrected chi connectivity index (χ2v) is 8.88. The molecule has 9 heteroatoms. The third kappa shape index (κ3) is 5.54. The SMILES string of the molecule is COCCn1c(CN2CCN(C(=O)OC(C)(C)C)CC2)nc2c(C)cc(C(=O)O)cc21. The minimum absolute atomic E-state index is 0.251. The summed E-state index contributed by atoms with van der Waals surface area (Å²) in [4.78, 5) is 32.6. The number of aryl methyl sites for hydroxylation is 1. The number of amides is 1. The van der Waals surface area contributed by atoms with Crippen molar-refractivity contribution in [2.24, 2.45) is 0 Å². The quantitative estimate of drug-likeness (QED) is 0.750. The Morgan fingerprint density at radius 1 is 1.16 bits per heavy atom. The summed E-state index contributed by atoms with van der Waals surface area (Å²) >= 11 is 0. The average molecular weight is 433 g/mol. The number of carbonyl (C=O) groups excluding carboxylic acids is 1. The minimum atomic E-state index is -0.954. The van der Waals surface area contributed by atoms with E-state index < -0.39 is 11.6 Å². The summed E-state index contributed by atoms with van der Waals surface area (Å²) in [5, 5.41) is 9.44. The van der Waals surface area contributed by atoms with Crippen molar-refractivity contribution < 1.29 is 24.2 Å². The maximum atomic E-state index is 12.3. The molecule has 170 valence electrons. The number of aromatic carboxylic acids is 1. The van der Waals surface area contributed by atoms with Gasteiger partial charge in [0.2, 0.25) is 0 Å². The van der Waals surface area contributed by atoms with Gasteiger partial charge in [-0.3, -0.25) is 4.90 Å². The fourth-order valence-electron chi connectivity index (χ4n) is 3.73. The molecule has 0 aliphatic carbocycles. The van der Waals surface area contributed by atoms with Gasteiger partial charge >= 0.3 is 12.1 Å². The van der Waals surface area contributed by atoms with Crippen LogP contribution in [0.5, 0.6) is 0 Å². The van der Waals surface area contributed by atoms with Gasteiger partial charge in [-0.2, -0.15) is 0 Å². The van der Waals surface area contributed by atoms with Crippen LogP contribution in [0.4, 0.5) is 4.79 Å². The van der Waals surface area contributed by atoms with Crippen LogP contribution in [0.15, 0.2) is 12.1 Å². The van der Waals surface area contributed by atoms with E-state index in [1.54, 1.807) is 24.1 Å². The molecule has 1 aliphatic rings. The van der Waals surface area contributed by atoms with Crippen molar-refractivity contribution in [2.45, 2.75) is 46.4 Å². The van der Waals surface area contributed by atoms with Crippen LogP contribution in [0, 0.1) is 6.92 Å². The van der Waals surface area contributed by atoms with Crippen LogP contribution in [-0.4, -0.2) is 82.0 Å². The monoisotopic (exact) mass is 432 g/mol. The van der Waals surface area contributed by atoms with Gasteiger partial charge in [-0.1, -0.05) is 0 Å². The first-order valence-electron chi connectivity index (χ1n) is 10.5. The van der Waals surface area contributed by atoms with Crippen LogP contribution in [0.1, 0.15) is 42.5 Å². The normalized spacial score (nSPS) is 15.5. The van der Waals surface area contributed by atoms with Crippen molar-refractivity contribution in [3.63, 3.8) is 0 Å². The molecule has 31 heavy (non-hydrogen) atoms. The first-order chi connectivity index (χ1) is 14.6. The molecule has 0 radical (unpaired) electrons. The van der Waals surface area contributed by atoms with Gasteiger partial charge in [0.1, 0.15) is 11.4 Å². The Balaban J connectivity index is 1.78. The van der Waals surface area contributed by atoms with Crippen LogP contribution < -0.4 is 0 Å². The molecular weight excluding hydrogens is 400 g/mol. The van der Waals surface area contributed by atoms with Gasteiger partial charge in [0.05, 0.1) is 29.7 Å². The summed E-state index contributed by atoms with van der Waals surface area (Å²) < 4.78 is 12.8. The number of hydrogen-bond donors (Lipinski definition) is 1. The van der Waals surface area contributed by atoms with Crippen LogP contribution in [0.2, 0.25) is 0 Å². The van der Waals surface area contributed by atoms with E-state index in [1.165, 1.54) is 0 Å². The molecule has 1 fully saturated rings. The van der Waals surface area contributed by atoms with Crippen molar-refractivity contribution in [3.8, 4) is 0 Å². The van der Waals surface area contributed by atoms with Gasteiger partial charge in [-0.25, -0.2) is 14.6 Å². The van der Waals surface area contributed by atoms with Crippen LogP contribution >= 0.6 is 0 Å². The van der Waals surface area contributed by atoms with Crippen molar-refractivity contribution in [2.75, 3.05) is 39.9 Å². The third-order valence-electron chi connectivity index (χ3n) is 5.28. The fraction of sp³-hybridized carbons (Fsp3) is 0.591. The molecule has 0 bridgehead atoms. The third-order valence-corrected chi connectivity index (χ3v) is 5.28. The topological polar surface area (TPSA) is 97.1 Å².